The summed E-state index contributed by atoms with van der Waals surface area (Å²) in [5, 5.41) is 18.2. The minimum atomic E-state index is -1.09. The van der Waals surface area contributed by atoms with Crippen molar-refractivity contribution >= 4 is 5.97 Å². The van der Waals surface area contributed by atoms with Gasteiger partial charge in [0.05, 0.1) is 17.0 Å². The molecule has 1 rings (SSSR count). The van der Waals surface area contributed by atoms with Crippen molar-refractivity contribution in [3.8, 4) is 6.07 Å². The van der Waals surface area contributed by atoms with Gasteiger partial charge in [-0.3, -0.25) is 4.79 Å². The van der Waals surface area contributed by atoms with Gasteiger partial charge in [0, 0.05) is 0 Å². The third-order valence-corrected chi connectivity index (χ3v) is 2.67. The van der Waals surface area contributed by atoms with Gasteiger partial charge in [-0.25, -0.2) is 0 Å². The lowest BCUT2D eigenvalue weighted by atomic mass is 9.77. The molecule has 1 aromatic carbocycles. The summed E-state index contributed by atoms with van der Waals surface area (Å²) in [6, 6.07) is 8.78. The van der Waals surface area contributed by atoms with Crippen LogP contribution < -0.4 is 0 Å². The first-order valence-corrected chi connectivity index (χ1v) is 4.90. The largest absolute Gasteiger partial charge is 0.481 e. The summed E-state index contributed by atoms with van der Waals surface area (Å²) in [6.07, 6.45) is 1.85. The second kappa shape index (κ2) is 4.63. The van der Waals surface area contributed by atoms with Crippen LogP contribution in [0.1, 0.15) is 24.5 Å². The summed E-state index contributed by atoms with van der Waals surface area (Å²) in [7, 11) is 0. The standard InChI is InChI=1S/C13H13NO2/c1-3-8-13(2,12(15)16)11-7-5-4-6-10(11)9-14/h3-7H,1,8H2,2H3,(H,15,16). The van der Waals surface area contributed by atoms with Gasteiger partial charge in [-0.15, -0.1) is 6.58 Å². The molecule has 0 bridgehead atoms. The molecule has 0 spiro atoms. The summed E-state index contributed by atoms with van der Waals surface area (Å²) < 4.78 is 0. The lowest BCUT2D eigenvalue weighted by Gasteiger charge is -2.24. The van der Waals surface area contributed by atoms with Crippen molar-refractivity contribution in [3.05, 3.63) is 48.0 Å². The van der Waals surface area contributed by atoms with Crippen LogP contribution in [0.2, 0.25) is 0 Å². The number of nitrogens with zero attached hydrogens (tertiary/aromatic N) is 1. The summed E-state index contributed by atoms with van der Waals surface area (Å²) >= 11 is 0. The Morgan fingerprint density at radius 3 is 2.75 bits per heavy atom. The Morgan fingerprint density at radius 1 is 1.62 bits per heavy atom. The van der Waals surface area contributed by atoms with Crippen molar-refractivity contribution < 1.29 is 9.90 Å². The molecule has 0 aliphatic rings. The lowest BCUT2D eigenvalue weighted by Crippen LogP contribution is -2.32. The molecule has 3 heteroatoms. The monoisotopic (exact) mass is 215 g/mol. The van der Waals surface area contributed by atoms with Crippen molar-refractivity contribution in [3.63, 3.8) is 0 Å². The quantitative estimate of drug-likeness (QED) is 0.785. The van der Waals surface area contributed by atoms with Crippen LogP contribution in [0.25, 0.3) is 0 Å². The van der Waals surface area contributed by atoms with E-state index in [9.17, 15) is 9.90 Å². The van der Waals surface area contributed by atoms with Crippen LogP contribution in [0.4, 0.5) is 0 Å². The number of allylic oxidation sites excluding steroid dienone is 1. The number of carboxylic acids is 1. The average molecular weight is 215 g/mol. The number of carbonyl (C=O) groups is 1. The number of nitriles is 1. The molecule has 1 unspecified atom stereocenters. The SMILES string of the molecule is C=CCC(C)(C(=O)O)c1ccccc1C#N. The molecule has 0 saturated carbocycles. The van der Waals surface area contributed by atoms with Gasteiger partial charge in [0.2, 0.25) is 0 Å². The van der Waals surface area contributed by atoms with E-state index >= 15 is 0 Å². The van der Waals surface area contributed by atoms with Crippen LogP contribution in [0.5, 0.6) is 0 Å². The van der Waals surface area contributed by atoms with Crippen LogP contribution in [-0.2, 0) is 10.2 Å². The third-order valence-electron chi connectivity index (χ3n) is 2.67. The highest BCUT2D eigenvalue weighted by molar-refractivity contribution is 5.82. The number of hydrogen-bond donors (Lipinski definition) is 1. The summed E-state index contributed by atoms with van der Waals surface area (Å²) in [6.45, 7) is 5.17. The predicted molar refractivity (Wildman–Crippen MR) is 61.0 cm³/mol. The van der Waals surface area contributed by atoms with E-state index < -0.39 is 11.4 Å². The Kier molecular flexibility index (Phi) is 3.47. The van der Waals surface area contributed by atoms with Gasteiger partial charge >= 0.3 is 5.97 Å². The zero-order chi connectivity index (χ0) is 12.2. The molecule has 0 aliphatic heterocycles. The number of rotatable bonds is 4. The highest BCUT2D eigenvalue weighted by Crippen LogP contribution is 2.30. The summed E-state index contributed by atoms with van der Waals surface area (Å²) in [5.74, 6) is -0.949. The first kappa shape index (κ1) is 12.0. The van der Waals surface area contributed by atoms with Crippen molar-refractivity contribution in [1.82, 2.24) is 0 Å². The first-order chi connectivity index (χ1) is 7.56. The second-order valence-electron chi connectivity index (χ2n) is 3.79. The topological polar surface area (TPSA) is 61.1 Å². The highest BCUT2D eigenvalue weighted by atomic mass is 16.4. The number of benzene rings is 1. The Bertz CT molecular complexity index is 459. The van der Waals surface area contributed by atoms with E-state index in [1.165, 1.54) is 0 Å². The van der Waals surface area contributed by atoms with Crippen molar-refractivity contribution in [2.24, 2.45) is 0 Å². The van der Waals surface area contributed by atoms with Crippen LogP contribution in [0, 0.1) is 11.3 Å². The molecule has 0 radical (unpaired) electrons. The van der Waals surface area contributed by atoms with E-state index in [0.717, 1.165) is 0 Å². The Morgan fingerprint density at radius 2 is 2.25 bits per heavy atom. The molecule has 1 aromatic rings. The van der Waals surface area contributed by atoms with Gasteiger partial charge in [0.1, 0.15) is 0 Å². The predicted octanol–water partition coefficient (Wildman–Crippen LogP) is 2.48. The fraction of sp³-hybridized carbons (Fsp3) is 0.231. The normalized spacial score (nSPS) is 13.5. The van der Waals surface area contributed by atoms with Gasteiger partial charge in [-0.2, -0.15) is 5.26 Å². The molecule has 1 atom stereocenters. The van der Waals surface area contributed by atoms with Gasteiger partial charge in [0.15, 0.2) is 0 Å². The van der Waals surface area contributed by atoms with Gasteiger partial charge < -0.3 is 5.11 Å². The van der Waals surface area contributed by atoms with Crippen molar-refractivity contribution in [2.45, 2.75) is 18.8 Å². The van der Waals surface area contributed by atoms with E-state index in [2.05, 4.69) is 6.58 Å². The number of hydrogen-bond acceptors (Lipinski definition) is 2. The molecule has 82 valence electrons. The van der Waals surface area contributed by atoms with Crippen LogP contribution in [0.15, 0.2) is 36.9 Å². The van der Waals surface area contributed by atoms with Gasteiger partial charge in [-0.1, -0.05) is 24.3 Å². The molecule has 0 heterocycles. The maximum Gasteiger partial charge on any atom is 0.314 e. The van der Waals surface area contributed by atoms with E-state index in [-0.39, 0.29) is 0 Å². The van der Waals surface area contributed by atoms with Crippen LogP contribution in [-0.4, -0.2) is 11.1 Å². The lowest BCUT2D eigenvalue weighted by molar-refractivity contribution is -0.143. The van der Waals surface area contributed by atoms with Gasteiger partial charge in [-0.05, 0) is 25.0 Å². The van der Waals surface area contributed by atoms with Crippen LogP contribution in [0.3, 0.4) is 0 Å². The van der Waals surface area contributed by atoms with Gasteiger partial charge in [0.25, 0.3) is 0 Å². The Labute approximate surface area is 94.6 Å². The van der Waals surface area contributed by atoms with Crippen LogP contribution >= 0.6 is 0 Å². The first-order valence-electron chi connectivity index (χ1n) is 4.90. The fourth-order valence-electron chi connectivity index (χ4n) is 1.66. The third kappa shape index (κ3) is 1.96. The van der Waals surface area contributed by atoms with E-state index in [0.29, 0.717) is 17.5 Å². The van der Waals surface area contributed by atoms with E-state index in [1.807, 2.05) is 6.07 Å². The molecule has 3 nitrogen and oxygen atoms in total. The molecule has 0 saturated heterocycles. The summed E-state index contributed by atoms with van der Waals surface area (Å²) in [5.41, 5.74) is -0.159. The summed E-state index contributed by atoms with van der Waals surface area (Å²) in [4.78, 5) is 11.3. The molecule has 1 N–H and O–H groups in total. The fourth-order valence-corrected chi connectivity index (χ4v) is 1.66. The van der Waals surface area contributed by atoms with Crippen molar-refractivity contribution in [1.29, 1.82) is 5.26 Å². The minimum Gasteiger partial charge on any atom is -0.481 e. The molecular weight excluding hydrogens is 202 g/mol. The minimum absolute atomic E-state index is 0.293. The Hall–Kier alpha value is -2.08. The maximum absolute atomic E-state index is 11.3. The smallest absolute Gasteiger partial charge is 0.314 e. The molecule has 16 heavy (non-hydrogen) atoms. The molecule has 0 aromatic heterocycles. The molecular formula is C13H13NO2. The number of carboxylic acid groups (broad SMARTS) is 1. The molecule has 0 fully saturated rings. The zero-order valence-corrected chi connectivity index (χ0v) is 9.10. The van der Waals surface area contributed by atoms with E-state index in [1.54, 1.807) is 37.3 Å². The zero-order valence-electron chi connectivity index (χ0n) is 9.10. The molecule has 0 aliphatic carbocycles. The second-order valence-corrected chi connectivity index (χ2v) is 3.79. The highest BCUT2D eigenvalue weighted by Gasteiger charge is 2.35. The van der Waals surface area contributed by atoms with Crippen molar-refractivity contribution in [2.75, 3.05) is 0 Å². The average Bonchev–Trinajstić information content (AvgIpc) is 2.29. The molecule has 0 amide bonds. The maximum atomic E-state index is 11.3. The number of aliphatic carboxylic acids is 1. The van der Waals surface area contributed by atoms with E-state index in [4.69, 9.17) is 5.26 Å². The Balaban J connectivity index is 3.38.